The standard InChI is InChI=1S/C12H14O3/c1-15-10-4-2-8(3-5-10)11-6-9(11)7-12(13)14/h2-5,9,11H,6-7H2,1H3,(H,13,14). The zero-order chi connectivity index (χ0) is 10.8. The van der Waals surface area contributed by atoms with Crippen LogP contribution in [0.4, 0.5) is 0 Å². The molecular weight excluding hydrogens is 192 g/mol. The Morgan fingerprint density at radius 3 is 2.67 bits per heavy atom. The fourth-order valence-corrected chi connectivity index (χ4v) is 1.96. The van der Waals surface area contributed by atoms with E-state index in [1.165, 1.54) is 5.56 Å². The highest BCUT2D eigenvalue weighted by molar-refractivity contribution is 5.67. The number of benzene rings is 1. The topological polar surface area (TPSA) is 46.5 Å². The zero-order valence-corrected chi connectivity index (χ0v) is 8.64. The molecule has 2 unspecified atom stereocenters. The number of carboxylic acids is 1. The third-order valence-electron chi connectivity index (χ3n) is 2.90. The van der Waals surface area contributed by atoms with Gasteiger partial charge >= 0.3 is 5.97 Å². The third kappa shape index (κ3) is 2.29. The van der Waals surface area contributed by atoms with Crippen molar-refractivity contribution in [2.75, 3.05) is 7.11 Å². The first-order valence-corrected chi connectivity index (χ1v) is 5.06. The van der Waals surface area contributed by atoms with E-state index in [9.17, 15) is 4.79 Å². The van der Waals surface area contributed by atoms with Gasteiger partial charge in [-0.3, -0.25) is 4.79 Å². The lowest BCUT2D eigenvalue weighted by atomic mass is 10.1. The monoisotopic (exact) mass is 206 g/mol. The Labute approximate surface area is 88.7 Å². The molecule has 1 saturated carbocycles. The second-order valence-electron chi connectivity index (χ2n) is 3.97. The maximum absolute atomic E-state index is 10.5. The van der Waals surface area contributed by atoms with Crippen LogP contribution < -0.4 is 4.74 Å². The molecule has 3 nitrogen and oxygen atoms in total. The highest BCUT2D eigenvalue weighted by Gasteiger charge is 2.39. The van der Waals surface area contributed by atoms with E-state index in [0.717, 1.165) is 12.2 Å². The van der Waals surface area contributed by atoms with Gasteiger partial charge in [0.1, 0.15) is 5.75 Å². The number of hydrogen-bond acceptors (Lipinski definition) is 2. The first-order chi connectivity index (χ1) is 7.20. The Kier molecular flexibility index (Phi) is 2.62. The van der Waals surface area contributed by atoms with Gasteiger partial charge in [0, 0.05) is 6.42 Å². The lowest BCUT2D eigenvalue weighted by Crippen LogP contribution is -1.96. The van der Waals surface area contributed by atoms with E-state index in [2.05, 4.69) is 0 Å². The molecule has 1 aliphatic rings. The molecule has 3 heteroatoms. The molecule has 1 aromatic carbocycles. The molecule has 0 aliphatic heterocycles. The molecule has 2 atom stereocenters. The molecule has 0 heterocycles. The summed E-state index contributed by atoms with van der Waals surface area (Å²) in [4.78, 5) is 10.5. The second kappa shape index (κ2) is 3.93. The SMILES string of the molecule is COc1ccc(C2CC2CC(=O)O)cc1. The molecule has 1 aliphatic carbocycles. The number of methoxy groups -OCH3 is 1. The first-order valence-electron chi connectivity index (χ1n) is 5.06. The second-order valence-corrected chi connectivity index (χ2v) is 3.97. The van der Waals surface area contributed by atoms with Crippen molar-refractivity contribution < 1.29 is 14.6 Å². The first kappa shape index (κ1) is 10.0. The summed E-state index contributed by atoms with van der Waals surface area (Å²) in [7, 11) is 1.64. The normalized spacial score (nSPS) is 23.5. The molecule has 80 valence electrons. The van der Waals surface area contributed by atoms with Crippen LogP contribution in [0, 0.1) is 5.92 Å². The lowest BCUT2D eigenvalue weighted by Gasteiger charge is -2.02. The summed E-state index contributed by atoms with van der Waals surface area (Å²) in [6, 6.07) is 7.88. The van der Waals surface area contributed by atoms with Crippen molar-refractivity contribution in [2.45, 2.75) is 18.8 Å². The van der Waals surface area contributed by atoms with Crippen molar-refractivity contribution in [2.24, 2.45) is 5.92 Å². The predicted octanol–water partition coefficient (Wildman–Crippen LogP) is 2.27. The minimum absolute atomic E-state index is 0.288. The van der Waals surface area contributed by atoms with Gasteiger partial charge in [-0.15, -0.1) is 0 Å². The van der Waals surface area contributed by atoms with Crippen LogP contribution in [0.1, 0.15) is 24.3 Å². The fraction of sp³-hybridized carbons (Fsp3) is 0.417. The molecule has 1 N–H and O–H groups in total. The van der Waals surface area contributed by atoms with E-state index in [-0.39, 0.29) is 6.42 Å². The van der Waals surface area contributed by atoms with E-state index in [0.29, 0.717) is 11.8 Å². The van der Waals surface area contributed by atoms with E-state index >= 15 is 0 Å². The van der Waals surface area contributed by atoms with Crippen molar-refractivity contribution in [1.29, 1.82) is 0 Å². The molecule has 0 saturated heterocycles. The smallest absolute Gasteiger partial charge is 0.303 e. The van der Waals surface area contributed by atoms with Crippen LogP contribution in [-0.2, 0) is 4.79 Å². The Morgan fingerprint density at radius 2 is 2.13 bits per heavy atom. The van der Waals surface area contributed by atoms with E-state index in [1.54, 1.807) is 7.11 Å². The molecule has 0 spiro atoms. The molecule has 0 aromatic heterocycles. The Bertz CT molecular complexity index is 356. The summed E-state index contributed by atoms with van der Waals surface area (Å²) >= 11 is 0. The molecule has 1 fully saturated rings. The molecular formula is C12H14O3. The van der Waals surface area contributed by atoms with Gasteiger partial charge in [-0.25, -0.2) is 0 Å². The number of carboxylic acid groups (broad SMARTS) is 1. The summed E-state index contributed by atoms with van der Waals surface area (Å²) in [6.45, 7) is 0. The highest BCUT2D eigenvalue weighted by atomic mass is 16.5. The van der Waals surface area contributed by atoms with Gasteiger partial charge in [-0.2, -0.15) is 0 Å². The quantitative estimate of drug-likeness (QED) is 0.822. The van der Waals surface area contributed by atoms with Crippen LogP contribution in [0.2, 0.25) is 0 Å². The average molecular weight is 206 g/mol. The van der Waals surface area contributed by atoms with Crippen LogP contribution in [0.15, 0.2) is 24.3 Å². The average Bonchev–Trinajstić information content (AvgIpc) is 2.96. The van der Waals surface area contributed by atoms with Crippen molar-refractivity contribution in [3.63, 3.8) is 0 Å². The van der Waals surface area contributed by atoms with Gasteiger partial charge in [0.15, 0.2) is 0 Å². The molecule has 15 heavy (non-hydrogen) atoms. The van der Waals surface area contributed by atoms with E-state index < -0.39 is 5.97 Å². The summed E-state index contributed by atoms with van der Waals surface area (Å²) in [6.07, 6.45) is 1.29. The summed E-state index contributed by atoms with van der Waals surface area (Å²) in [5, 5.41) is 8.65. The van der Waals surface area contributed by atoms with E-state index in [4.69, 9.17) is 9.84 Å². The van der Waals surface area contributed by atoms with Crippen molar-refractivity contribution in [3.8, 4) is 5.75 Å². The van der Waals surface area contributed by atoms with Crippen molar-refractivity contribution >= 4 is 5.97 Å². The summed E-state index contributed by atoms with van der Waals surface area (Å²) in [5.74, 6) is 0.910. The number of rotatable bonds is 4. The van der Waals surface area contributed by atoms with Gasteiger partial charge in [0.05, 0.1) is 7.11 Å². The van der Waals surface area contributed by atoms with Crippen LogP contribution in [0.25, 0.3) is 0 Å². The number of aliphatic carboxylic acids is 1. The molecule has 1 aromatic rings. The zero-order valence-electron chi connectivity index (χ0n) is 8.64. The van der Waals surface area contributed by atoms with Crippen LogP contribution in [0.5, 0.6) is 5.75 Å². The van der Waals surface area contributed by atoms with Crippen LogP contribution in [-0.4, -0.2) is 18.2 Å². The molecule has 0 amide bonds. The third-order valence-corrected chi connectivity index (χ3v) is 2.90. The number of hydrogen-bond donors (Lipinski definition) is 1. The van der Waals surface area contributed by atoms with Gasteiger partial charge < -0.3 is 9.84 Å². The summed E-state index contributed by atoms with van der Waals surface area (Å²) < 4.78 is 5.07. The van der Waals surface area contributed by atoms with Crippen LogP contribution >= 0.6 is 0 Å². The Balaban J connectivity index is 1.97. The van der Waals surface area contributed by atoms with Gasteiger partial charge in [-0.1, -0.05) is 12.1 Å². The highest BCUT2D eigenvalue weighted by Crippen LogP contribution is 2.49. The predicted molar refractivity (Wildman–Crippen MR) is 56.1 cm³/mol. The number of ether oxygens (including phenoxy) is 1. The van der Waals surface area contributed by atoms with Crippen LogP contribution in [0.3, 0.4) is 0 Å². The van der Waals surface area contributed by atoms with Crippen molar-refractivity contribution in [1.82, 2.24) is 0 Å². The molecule has 2 rings (SSSR count). The largest absolute Gasteiger partial charge is 0.497 e. The molecule has 0 bridgehead atoms. The van der Waals surface area contributed by atoms with Gasteiger partial charge in [0.2, 0.25) is 0 Å². The molecule has 0 radical (unpaired) electrons. The van der Waals surface area contributed by atoms with Crippen molar-refractivity contribution in [3.05, 3.63) is 29.8 Å². The lowest BCUT2D eigenvalue weighted by molar-refractivity contribution is -0.137. The maximum atomic E-state index is 10.5. The number of carbonyl (C=O) groups is 1. The van der Waals surface area contributed by atoms with Gasteiger partial charge in [0.25, 0.3) is 0 Å². The maximum Gasteiger partial charge on any atom is 0.303 e. The fourth-order valence-electron chi connectivity index (χ4n) is 1.96. The minimum atomic E-state index is -0.698. The van der Waals surface area contributed by atoms with Gasteiger partial charge in [-0.05, 0) is 36.0 Å². The van der Waals surface area contributed by atoms with E-state index in [1.807, 2.05) is 24.3 Å². The minimum Gasteiger partial charge on any atom is -0.497 e. The summed E-state index contributed by atoms with van der Waals surface area (Å²) in [5.41, 5.74) is 1.22. The Hall–Kier alpha value is -1.51. The Morgan fingerprint density at radius 1 is 1.47 bits per heavy atom.